The van der Waals surface area contributed by atoms with Gasteiger partial charge in [0, 0.05) is 55.4 Å². The first-order valence-corrected chi connectivity index (χ1v) is 9.60. The Hall–Kier alpha value is -4.92. The van der Waals surface area contributed by atoms with Crippen molar-refractivity contribution >= 4 is 17.9 Å². The molecule has 4 rings (SSSR count). The van der Waals surface area contributed by atoms with E-state index in [2.05, 4.69) is 15.0 Å². The lowest BCUT2D eigenvalue weighted by Crippen LogP contribution is -2.12. The molecule has 0 aliphatic carbocycles. The van der Waals surface area contributed by atoms with E-state index >= 15 is 0 Å². The minimum absolute atomic E-state index is 0.00525. The summed E-state index contributed by atoms with van der Waals surface area (Å²) in [5.41, 5.74) is 0.637. The summed E-state index contributed by atoms with van der Waals surface area (Å²) >= 11 is 0. The first-order valence-electron chi connectivity index (χ1n) is 9.60. The molecule has 1 aromatic carbocycles. The molecular formula is C24H15N3O6. The molecule has 33 heavy (non-hydrogen) atoms. The van der Waals surface area contributed by atoms with Crippen molar-refractivity contribution in [2.45, 2.75) is 0 Å². The molecular weight excluding hydrogens is 426 g/mol. The Labute approximate surface area is 187 Å². The number of benzene rings is 1. The first kappa shape index (κ1) is 21.3. The molecule has 3 heterocycles. The number of rotatable bonds is 6. The zero-order valence-corrected chi connectivity index (χ0v) is 17.0. The highest BCUT2D eigenvalue weighted by Crippen LogP contribution is 2.29. The van der Waals surface area contributed by atoms with Gasteiger partial charge in [0.15, 0.2) is 0 Å². The summed E-state index contributed by atoms with van der Waals surface area (Å²) in [6.45, 7) is 0. The van der Waals surface area contributed by atoms with Gasteiger partial charge in [-0.25, -0.2) is 14.4 Å². The molecule has 9 heteroatoms. The lowest BCUT2D eigenvalue weighted by atomic mass is 10.2. The van der Waals surface area contributed by atoms with Crippen molar-refractivity contribution in [3.63, 3.8) is 0 Å². The van der Waals surface area contributed by atoms with Gasteiger partial charge in [-0.3, -0.25) is 15.0 Å². The van der Waals surface area contributed by atoms with E-state index in [9.17, 15) is 14.4 Å². The van der Waals surface area contributed by atoms with Crippen LogP contribution in [0.1, 0.15) is 31.1 Å². The van der Waals surface area contributed by atoms with Crippen molar-refractivity contribution in [1.29, 1.82) is 0 Å². The highest BCUT2D eigenvalue weighted by molar-refractivity contribution is 5.92. The van der Waals surface area contributed by atoms with Crippen LogP contribution in [0.25, 0.3) is 0 Å². The third kappa shape index (κ3) is 5.61. The van der Waals surface area contributed by atoms with Crippen LogP contribution in [0, 0.1) is 0 Å². The number of ether oxygens (including phenoxy) is 3. The van der Waals surface area contributed by atoms with Crippen LogP contribution in [-0.4, -0.2) is 32.9 Å². The van der Waals surface area contributed by atoms with E-state index in [4.69, 9.17) is 14.2 Å². The number of pyridine rings is 3. The van der Waals surface area contributed by atoms with Crippen LogP contribution in [0.4, 0.5) is 0 Å². The molecule has 4 aromatic rings. The molecule has 3 aromatic heterocycles. The molecule has 0 spiro atoms. The maximum atomic E-state index is 12.4. The highest BCUT2D eigenvalue weighted by atomic mass is 16.6. The van der Waals surface area contributed by atoms with E-state index in [1.165, 1.54) is 73.6 Å². The third-order valence-corrected chi connectivity index (χ3v) is 4.18. The third-order valence-electron chi connectivity index (χ3n) is 4.18. The molecule has 0 amide bonds. The average molecular weight is 441 g/mol. The second-order valence-corrected chi connectivity index (χ2v) is 6.53. The van der Waals surface area contributed by atoms with E-state index in [-0.39, 0.29) is 33.9 Å². The molecule has 0 N–H and O–H groups in total. The Kier molecular flexibility index (Phi) is 6.41. The summed E-state index contributed by atoms with van der Waals surface area (Å²) in [4.78, 5) is 48.9. The fraction of sp³-hybridized carbons (Fsp3) is 0. The molecule has 162 valence electrons. The van der Waals surface area contributed by atoms with E-state index in [1.54, 1.807) is 18.2 Å². The van der Waals surface area contributed by atoms with E-state index in [0.717, 1.165) is 0 Å². The van der Waals surface area contributed by atoms with Crippen molar-refractivity contribution < 1.29 is 28.6 Å². The van der Waals surface area contributed by atoms with Gasteiger partial charge in [-0.1, -0.05) is 0 Å². The second kappa shape index (κ2) is 9.92. The minimum atomic E-state index is -0.691. The maximum absolute atomic E-state index is 12.4. The van der Waals surface area contributed by atoms with Gasteiger partial charge in [0.2, 0.25) is 0 Å². The molecule has 0 radical (unpaired) electrons. The first-order chi connectivity index (χ1) is 16.1. The maximum Gasteiger partial charge on any atom is 0.345 e. The monoisotopic (exact) mass is 441 g/mol. The van der Waals surface area contributed by atoms with Crippen molar-refractivity contribution in [3.8, 4) is 17.2 Å². The number of carbonyl (C=O) groups excluding carboxylic acids is 3. The fourth-order valence-electron chi connectivity index (χ4n) is 2.67. The zero-order chi connectivity index (χ0) is 23.0. The minimum Gasteiger partial charge on any atom is -0.423 e. The van der Waals surface area contributed by atoms with Gasteiger partial charge in [-0.2, -0.15) is 0 Å². The molecule has 9 nitrogen and oxygen atoms in total. The summed E-state index contributed by atoms with van der Waals surface area (Å²) < 4.78 is 16.1. The predicted octanol–water partition coefficient (Wildman–Crippen LogP) is 3.53. The fourth-order valence-corrected chi connectivity index (χ4v) is 2.67. The summed E-state index contributed by atoms with van der Waals surface area (Å²) in [7, 11) is 0. The summed E-state index contributed by atoms with van der Waals surface area (Å²) in [6, 6.07) is 13.3. The van der Waals surface area contributed by atoms with Crippen LogP contribution in [0.15, 0.2) is 91.8 Å². The smallest absolute Gasteiger partial charge is 0.345 e. The van der Waals surface area contributed by atoms with Crippen molar-refractivity contribution in [1.82, 2.24) is 15.0 Å². The summed E-state index contributed by atoms with van der Waals surface area (Å²) in [6.07, 6.45) is 8.59. The van der Waals surface area contributed by atoms with Gasteiger partial charge < -0.3 is 14.2 Å². The normalized spacial score (nSPS) is 10.2. The van der Waals surface area contributed by atoms with Gasteiger partial charge >= 0.3 is 17.9 Å². The van der Waals surface area contributed by atoms with Crippen LogP contribution in [-0.2, 0) is 0 Å². The van der Waals surface area contributed by atoms with Crippen LogP contribution in [0.2, 0.25) is 0 Å². The summed E-state index contributed by atoms with van der Waals surface area (Å²) in [5.74, 6) is -2.09. The highest BCUT2D eigenvalue weighted by Gasteiger charge is 2.16. The Morgan fingerprint density at radius 3 is 1.06 bits per heavy atom. The van der Waals surface area contributed by atoms with E-state index in [0.29, 0.717) is 0 Å². The molecule has 0 fully saturated rings. The van der Waals surface area contributed by atoms with E-state index in [1.807, 2.05) is 0 Å². The largest absolute Gasteiger partial charge is 0.423 e. The number of nitrogens with zero attached hydrogens (tertiary/aromatic N) is 3. The SMILES string of the molecule is O=C(Oc1cc(OC(=O)c2cccnc2)cc(OC(=O)c2cccnc2)c1)c1cccnc1. The Balaban J connectivity index is 1.61. The quantitative estimate of drug-likeness (QED) is 0.327. The van der Waals surface area contributed by atoms with Crippen LogP contribution in [0.3, 0.4) is 0 Å². The van der Waals surface area contributed by atoms with Crippen LogP contribution < -0.4 is 14.2 Å². The van der Waals surface area contributed by atoms with Crippen molar-refractivity contribution in [2.75, 3.05) is 0 Å². The van der Waals surface area contributed by atoms with Gasteiger partial charge in [0.05, 0.1) is 16.7 Å². The Morgan fingerprint density at radius 1 is 0.515 bits per heavy atom. The zero-order valence-electron chi connectivity index (χ0n) is 17.0. The number of esters is 3. The molecule has 0 saturated carbocycles. The number of hydrogen-bond donors (Lipinski definition) is 0. The van der Waals surface area contributed by atoms with Crippen molar-refractivity contribution in [3.05, 3.63) is 108 Å². The number of aromatic nitrogens is 3. The Morgan fingerprint density at radius 2 is 0.818 bits per heavy atom. The molecule has 0 bridgehead atoms. The number of carbonyl (C=O) groups is 3. The van der Waals surface area contributed by atoms with Crippen LogP contribution in [0.5, 0.6) is 17.2 Å². The molecule has 0 unspecified atom stereocenters. The lowest BCUT2D eigenvalue weighted by molar-refractivity contribution is 0.0730. The standard InChI is InChI=1S/C24H15N3O6/c28-22(16-4-1-7-25-13-16)31-19-10-20(32-23(29)17-5-2-8-26-14-17)12-21(11-19)33-24(30)18-6-3-9-27-15-18/h1-15H. The van der Waals surface area contributed by atoms with Gasteiger partial charge in [-0.15, -0.1) is 0 Å². The second-order valence-electron chi connectivity index (χ2n) is 6.53. The molecule has 0 aliphatic heterocycles. The van der Waals surface area contributed by atoms with Crippen LogP contribution >= 0.6 is 0 Å². The predicted molar refractivity (Wildman–Crippen MR) is 114 cm³/mol. The summed E-state index contributed by atoms with van der Waals surface area (Å²) in [5, 5.41) is 0. The number of hydrogen-bond acceptors (Lipinski definition) is 9. The molecule has 0 aliphatic rings. The van der Waals surface area contributed by atoms with Gasteiger partial charge in [0.1, 0.15) is 17.2 Å². The Bertz CT molecular complexity index is 1110. The van der Waals surface area contributed by atoms with Crippen molar-refractivity contribution in [2.24, 2.45) is 0 Å². The lowest BCUT2D eigenvalue weighted by Gasteiger charge is -2.11. The molecule has 0 atom stereocenters. The average Bonchev–Trinajstić information content (AvgIpc) is 2.85. The molecule has 0 saturated heterocycles. The topological polar surface area (TPSA) is 118 Å². The van der Waals surface area contributed by atoms with E-state index < -0.39 is 17.9 Å². The van der Waals surface area contributed by atoms with Gasteiger partial charge in [-0.05, 0) is 36.4 Å². The van der Waals surface area contributed by atoms with Gasteiger partial charge in [0.25, 0.3) is 0 Å².